The SMILES string of the molecule is CC(=O)CC1=NC2(N=C(CC3=NC4(N=C(C)O4)O3)O2)O1. The molecule has 0 saturated heterocycles. The zero-order valence-corrected chi connectivity index (χ0v) is 10.7. The van der Waals surface area contributed by atoms with E-state index >= 15 is 0 Å². The maximum Gasteiger partial charge on any atom is 0.478 e. The van der Waals surface area contributed by atoms with Gasteiger partial charge in [-0.2, -0.15) is 0 Å². The van der Waals surface area contributed by atoms with Crippen LogP contribution in [0.4, 0.5) is 0 Å². The van der Waals surface area contributed by atoms with Gasteiger partial charge in [0.25, 0.3) is 0 Å². The summed E-state index contributed by atoms with van der Waals surface area (Å²) in [5.74, 6) is 1.69. The van der Waals surface area contributed by atoms with Crippen LogP contribution in [-0.2, 0) is 23.7 Å². The molecule has 0 aliphatic carbocycles. The lowest BCUT2D eigenvalue weighted by atomic mass is 10.3. The van der Waals surface area contributed by atoms with Gasteiger partial charge in [0, 0.05) is 6.92 Å². The quantitative estimate of drug-likeness (QED) is 0.736. The number of hydrogen-bond acceptors (Lipinski definition) is 9. The van der Waals surface area contributed by atoms with Crippen LogP contribution in [0.5, 0.6) is 0 Å². The van der Waals surface area contributed by atoms with Crippen LogP contribution in [0.15, 0.2) is 20.0 Å². The molecule has 4 aliphatic rings. The smallest absolute Gasteiger partial charge is 0.402 e. The second-order valence-corrected chi connectivity index (χ2v) is 4.71. The monoisotopic (exact) mass is 278 g/mol. The minimum absolute atomic E-state index is 0.0269. The van der Waals surface area contributed by atoms with Crippen molar-refractivity contribution in [3.05, 3.63) is 0 Å². The van der Waals surface area contributed by atoms with Gasteiger partial charge < -0.3 is 18.9 Å². The van der Waals surface area contributed by atoms with Crippen LogP contribution in [0, 0.1) is 0 Å². The van der Waals surface area contributed by atoms with Crippen LogP contribution in [0.3, 0.4) is 0 Å². The Morgan fingerprint density at radius 1 is 0.950 bits per heavy atom. The number of aliphatic imine (C=N–C) groups is 4. The third kappa shape index (κ3) is 1.59. The molecule has 9 nitrogen and oxygen atoms in total. The van der Waals surface area contributed by atoms with Gasteiger partial charge in [0.2, 0.25) is 17.7 Å². The summed E-state index contributed by atoms with van der Waals surface area (Å²) in [6.07, 6.45) is 0.450. The van der Waals surface area contributed by atoms with E-state index in [1.165, 1.54) is 6.92 Å². The van der Waals surface area contributed by atoms with Crippen molar-refractivity contribution in [1.29, 1.82) is 0 Å². The van der Waals surface area contributed by atoms with E-state index in [2.05, 4.69) is 20.0 Å². The first-order valence-corrected chi connectivity index (χ1v) is 6.04. The molecule has 2 atom stereocenters. The maximum atomic E-state index is 10.8. The molecule has 0 aromatic rings. The Morgan fingerprint density at radius 2 is 1.40 bits per heavy atom. The van der Waals surface area contributed by atoms with Gasteiger partial charge in [0.1, 0.15) is 12.2 Å². The highest BCUT2D eigenvalue weighted by atomic mass is 16.8. The number of nitrogens with zero attached hydrogens (tertiary/aromatic N) is 4. The molecular weight excluding hydrogens is 268 g/mol. The molecule has 0 saturated carbocycles. The standard InChI is InChI=1S/C11H10N4O5/c1-5(16)3-7-13-11(18-7)15-9(20-11)4-8-14-10(19-8)12-6(2)17-10/h3-4H2,1-2H3. The molecular formula is C11H10N4O5. The fourth-order valence-electron chi connectivity index (χ4n) is 2.10. The van der Waals surface area contributed by atoms with Gasteiger partial charge >= 0.3 is 12.1 Å². The largest absolute Gasteiger partial charge is 0.478 e. The van der Waals surface area contributed by atoms with Crippen LogP contribution in [-0.4, -0.2) is 41.4 Å². The molecule has 9 heteroatoms. The molecule has 104 valence electrons. The van der Waals surface area contributed by atoms with Crippen molar-refractivity contribution in [3.8, 4) is 0 Å². The Balaban J connectivity index is 1.33. The van der Waals surface area contributed by atoms with Crippen molar-refractivity contribution in [2.24, 2.45) is 20.0 Å². The highest BCUT2D eigenvalue weighted by Gasteiger charge is 2.55. The van der Waals surface area contributed by atoms with Crippen LogP contribution in [0.2, 0.25) is 0 Å². The van der Waals surface area contributed by atoms with Gasteiger partial charge in [-0.05, 0) is 6.92 Å². The molecule has 0 amide bonds. The minimum Gasteiger partial charge on any atom is -0.402 e. The lowest BCUT2D eigenvalue weighted by Crippen LogP contribution is -2.55. The minimum atomic E-state index is -1.27. The fraction of sp³-hybridized carbons (Fsp3) is 0.545. The average Bonchev–Trinajstić information content (AvgIpc) is 2.16. The van der Waals surface area contributed by atoms with Crippen molar-refractivity contribution < 1.29 is 23.7 Å². The topological polar surface area (TPSA) is 103 Å². The number of ether oxygens (including phenoxy) is 4. The maximum absolute atomic E-state index is 10.8. The normalized spacial score (nSPS) is 35.3. The molecule has 20 heavy (non-hydrogen) atoms. The molecule has 0 aromatic carbocycles. The molecule has 0 fully saturated rings. The molecule has 0 N–H and O–H groups in total. The second kappa shape index (κ2) is 3.35. The zero-order valence-electron chi connectivity index (χ0n) is 10.7. The first-order chi connectivity index (χ1) is 9.46. The summed E-state index contributed by atoms with van der Waals surface area (Å²) < 4.78 is 21.0. The van der Waals surface area contributed by atoms with Gasteiger partial charge in [-0.1, -0.05) is 0 Å². The molecule has 0 bridgehead atoms. The molecule has 2 unspecified atom stereocenters. The third-order valence-corrected chi connectivity index (χ3v) is 2.83. The summed E-state index contributed by atoms with van der Waals surface area (Å²) in [4.78, 5) is 27.0. The van der Waals surface area contributed by atoms with Gasteiger partial charge in [-0.15, -0.1) is 20.0 Å². The van der Waals surface area contributed by atoms with Gasteiger partial charge in [0.15, 0.2) is 5.90 Å². The molecule has 2 spiro atoms. The predicted molar refractivity (Wildman–Crippen MR) is 65.1 cm³/mol. The highest BCUT2D eigenvalue weighted by molar-refractivity contribution is 6.03. The number of ketones is 1. The van der Waals surface area contributed by atoms with E-state index in [0.717, 1.165) is 0 Å². The van der Waals surface area contributed by atoms with Gasteiger partial charge in [-0.25, -0.2) is 0 Å². The van der Waals surface area contributed by atoms with Crippen molar-refractivity contribution in [1.82, 2.24) is 0 Å². The van der Waals surface area contributed by atoms with Crippen molar-refractivity contribution >= 4 is 29.4 Å². The Kier molecular flexibility index (Phi) is 1.91. The van der Waals surface area contributed by atoms with Gasteiger partial charge in [0.05, 0.1) is 6.42 Å². The molecule has 4 aliphatic heterocycles. The number of carbonyl (C=O) groups is 1. The van der Waals surface area contributed by atoms with Crippen molar-refractivity contribution in [2.75, 3.05) is 0 Å². The molecule has 0 aromatic heterocycles. The van der Waals surface area contributed by atoms with E-state index in [1.54, 1.807) is 6.92 Å². The van der Waals surface area contributed by atoms with E-state index in [1.807, 2.05) is 0 Å². The Labute approximate surface area is 113 Å². The Hall–Kier alpha value is -2.45. The second-order valence-electron chi connectivity index (χ2n) is 4.71. The Morgan fingerprint density at radius 3 is 1.85 bits per heavy atom. The molecule has 0 radical (unpaired) electrons. The highest BCUT2D eigenvalue weighted by Crippen LogP contribution is 2.38. The van der Waals surface area contributed by atoms with Gasteiger partial charge in [-0.3, -0.25) is 4.79 Å². The van der Waals surface area contributed by atoms with Crippen molar-refractivity contribution in [2.45, 2.75) is 38.8 Å². The number of carbonyl (C=O) groups excluding carboxylic acids is 1. The summed E-state index contributed by atoms with van der Waals surface area (Å²) >= 11 is 0. The van der Waals surface area contributed by atoms with Crippen LogP contribution >= 0.6 is 0 Å². The zero-order chi connectivity index (χ0) is 14.0. The molecule has 4 rings (SSSR count). The van der Waals surface area contributed by atoms with E-state index in [9.17, 15) is 4.79 Å². The van der Waals surface area contributed by atoms with Crippen LogP contribution < -0.4 is 0 Å². The number of Topliss-reactive ketones (excluding diaryl/α,β-unsaturated/α-hetero) is 1. The summed E-state index contributed by atoms with van der Waals surface area (Å²) in [6.45, 7) is 3.18. The number of hydrogen-bond donors (Lipinski definition) is 0. The lowest BCUT2D eigenvalue weighted by molar-refractivity contribution is -0.194. The first kappa shape index (κ1) is 11.4. The van der Waals surface area contributed by atoms with E-state index in [0.29, 0.717) is 30.0 Å². The van der Waals surface area contributed by atoms with E-state index < -0.39 is 12.1 Å². The fourth-order valence-corrected chi connectivity index (χ4v) is 2.10. The Bertz CT molecular complexity index is 651. The lowest BCUT2D eigenvalue weighted by Gasteiger charge is -2.42. The van der Waals surface area contributed by atoms with E-state index in [4.69, 9.17) is 18.9 Å². The summed E-state index contributed by atoms with van der Waals surface area (Å²) in [5, 5.41) is 0. The first-order valence-electron chi connectivity index (χ1n) is 6.04. The average molecular weight is 278 g/mol. The van der Waals surface area contributed by atoms with Crippen LogP contribution in [0.25, 0.3) is 0 Å². The summed E-state index contributed by atoms with van der Waals surface area (Å²) in [7, 11) is 0. The predicted octanol–water partition coefficient (Wildman–Crippen LogP) is 0.313. The molecule has 4 heterocycles. The van der Waals surface area contributed by atoms with Crippen LogP contribution in [0.1, 0.15) is 26.7 Å². The summed E-state index contributed by atoms with van der Waals surface area (Å²) in [5.41, 5.74) is 0. The van der Waals surface area contributed by atoms with E-state index in [-0.39, 0.29) is 12.2 Å². The third-order valence-electron chi connectivity index (χ3n) is 2.83. The van der Waals surface area contributed by atoms with Crippen molar-refractivity contribution in [3.63, 3.8) is 0 Å². The summed E-state index contributed by atoms with van der Waals surface area (Å²) in [6, 6.07) is -2.43. The number of rotatable bonds is 4.